The molecular formula is C37H27N. The first-order valence-electron chi connectivity index (χ1n) is 13.4. The van der Waals surface area contributed by atoms with E-state index in [0.717, 1.165) is 19.6 Å². The zero-order chi connectivity index (χ0) is 25.2. The highest BCUT2D eigenvalue weighted by Crippen LogP contribution is 2.38. The van der Waals surface area contributed by atoms with Crippen molar-refractivity contribution in [2.24, 2.45) is 0 Å². The monoisotopic (exact) mass is 485 g/mol. The van der Waals surface area contributed by atoms with E-state index >= 15 is 0 Å². The zero-order valence-electron chi connectivity index (χ0n) is 21.2. The third-order valence-corrected chi connectivity index (χ3v) is 8.39. The van der Waals surface area contributed by atoms with Crippen molar-refractivity contribution in [2.45, 2.75) is 13.1 Å². The quantitative estimate of drug-likeness (QED) is 0.167. The molecule has 0 unspecified atom stereocenters. The average molecular weight is 486 g/mol. The molecule has 0 aliphatic carbocycles. The van der Waals surface area contributed by atoms with Gasteiger partial charge in [0.15, 0.2) is 0 Å². The summed E-state index contributed by atoms with van der Waals surface area (Å²) in [4.78, 5) is 2.53. The maximum absolute atomic E-state index is 4.11. The molecule has 0 saturated heterocycles. The van der Waals surface area contributed by atoms with Gasteiger partial charge in [0.25, 0.3) is 0 Å². The molecule has 0 aliphatic rings. The maximum Gasteiger partial charge on any atom is 0.0246 e. The number of hydrogen-bond donors (Lipinski definition) is 0. The molecule has 0 atom stereocenters. The van der Waals surface area contributed by atoms with Crippen LogP contribution in [0.25, 0.3) is 64.6 Å². The Labute approximate surface area is 221 Å². The molecule has 1 heteroatoms. The van der Waals surface area contributed by atoms with E-state index < -0.39 is 0 Å². The molecule has 1 nitrogen and oxygen atoms in total. The van der Waals surface area contributed by atoms with Crippen molar-refractivity contribution in [3.63, 3.8) is 0 Å². The molecule has 0 aromatic heterocycles. The number of benzene rings is 8. The Bertz CT molecular complexity index is 2120. The van der Waals surface area contributed by atoms with E-state index in [2.05, 4.69) is 121 Å². The molecule has 8 rings (SSSR count). The molecule has 8 aromatic carbocycles. The van der Waals surface area contributed by atoms with Crippen LogP contribution in [0, 0.1) is 0 Å². The van der Waals surface area contributed by atoms with E-state index in [-0.39, 0.29) is 0 Å². The lowest BCUT2D eigenvalue weighted by atomic mass is 9.90. The van der Waals surface area contributed by atoms with Crippen molar-refractivity contribution in [3.05, 3.63) is 133 Å². The van der Waals surface area contributed by atoms with Crippen molar-refractivity contribution in [1.82, 2.24) is 4.90 Å². The Morgan fingerprint density at radius 2 is 0.947 bits per heavy atom. The predicted octanol–water partition coefficient (Wildman–Crippen LogP) is 9.67. The summed E-state index contributed by atoms with van der Waals surface area (Å²) in [6, 6.07) is 40.7. The number of nitrogens with zero attached hydrogens (tertiary/aromatic N) is 1. The Balaban J connectivity index is 1.26. The van der Waals surface area contributed by atoms with Gasteiger partial charge < -0.3 is 0 Å². The molecule has 0 bridgehead atoms. The minimum absolute atomic E-state index is 0.834. The van der Waals surface area contributed by atoms with E-state index in [1.54, 1.807) is 0 Å². The summed E-state index contributed by atoms with van der Waals surface area (Å²) in [5.74, 6) is 0. The molecule has 0 N–H and O–H groups in total. The highest BCUT2D eigenvalue weighted by molar-refractivity contribution is 6.24. The molecule has 0 aliphatic heterocycles. The fourth-order valence-corrected chi connectivity index (χ4v) is 6.75. The van der Waals surface area contributed by atoms with Gasteiger partial charge in [0.1, 0.15) is 0 Å². The lowest BCUT2D eigenvalue weighted by Gasteiger charge is -2.24. The second-order valence-corrected chi connectivity index (χ2v) is 10.6. The Hall–Kier alpha value is -4.46. The summed E-state index contributed by atoms with van der Waals surface area (Å²) in [6.45, 7) is 6.69. The van der Waals surface area contributed by atoms with Crippen LogP contribution in [0.15, 0.2) is 122 Å². The van der Waals surface area contributed by atoms with Gasteiger partial charge in [0.2, 0.25) is 0 Å². The first kappa shape index (κ1) is 21.6. The molecular weight excluding hydrogens is 458 g/mol. The Morgan fingerprint density at radius 1 is 0.474 bits per heavy atom. The predicted molar refractivity (Wildman–Crippen MR) is 165 cm³/mol. The van der Waals surface area contributed by atoms with Crippen LogP contribution in [0.3, 0.4) is 0 Å². The molecule has 8 aromatic rings. The van der Waals surface area contributed by atoms with Crippen LogP contribution in [0.1, 0.15) is 11.1 Å². The van der Waals surface area contributed by atoms with E-state index in [9.17, 15) is 0 Å². The van der Waals surface area contributed by atoms with E-state index in [0.29, 0.717) is 0 Å². The zero-order valence-corrected chi connectivity index (χ0v) is 21.2. The van der Waals surface area contributed by atoms with Crippen molar-refractivity contribution in [2.75, 3.05) is 6.54 Å². The maximum atomic E-state index is 4.11. The van der Waals surface area contributed by atoms with Crippen LogP contribution < -0.4 is 0 Å². The number of rotatable bonds is 6. The average Bonchev–Trinajstić information content (AvgIpc) is 2.96. The largest absolute Gasteiger partial charge is 0.291 e. The standard InChI is InChI=1S/C37H27N/c1-2-20-38(22-30-17-16-28-15-13-24-6-3-7-26-18-19-33(30)37(28)34(24)26)23-31-21-29-10-4-8-25-12-14-27-9-5-11-32(31)36(27)35(25)29/h2-19,21H,1,20,22-23H2. The fraction of sp³-hybridized carbons (Fsp3) is 0.0811. The highest BCUT2D eigenvalue weighted by atomic mass is 15.1. The summed E-state index contributed by atoms with van der Waals surface area (Å²) in [5, 5.41) is 16.1. The molecule has 180 valence electrons. The van der Waals surface area contributed by atoms with Gasteiger partial charge in [-0.3, -0.25) is 4.90 Å². The lowest BCUT2D eigenvalue weighted by Crippen LogP contribution is -2.23. The van der Waals surface area contributed by atoms with Crippen molar-refractivity contribution < 1.29 is 0 Å². The topological polar surface area (TPSA) is 3.24 Å². The third-order valence-electron chi connectivity index (χ3n) is 8.39. The van der Waals surface area contributed by atoms with Gasteiger partial charge >= 0.3 is 0 Å². The van der Waals surface area contributed by atoms with Crippen molar-refractivity contribution >= 4 is 64.6 Å². The van der Waals surface area contributed by atoms with E-state index in [1.165, 1.54) is 75.8 Å². The second kappa shape index (κ2) is 8.28. The van der Waals surface area contributed by atoms with Gasteiger partial charge in [-0.15, -0.1) is 6.58 Å². The summed E-state index contributed by atoms with van der Waals surface area (Å²) in [6.07, 6.45) is 2.04. The summed E-state index contributed by atoms with van der Waals surface area (Å²) in [7, 11) is 0. The van der Waals surface area contributed by atoms with E-state index in [1.807, 2.05) is 6.08 Å². The summed E-state index contributed by atoms with van der Waals surface area (Å²) >= 11 is 0. The number of hydrogen-bond acceptors (Lipinski definition) is 1. The van der Waals surface area contributed by atoms with Gasteiger partial charge in [0, 0.05) is 19.6 Å². The van der Waals surface area contributed by atoms with Crippen LogP contribution in [0.5, 0.6) is 0 Å². The molecule has 0 spiro atoms. The summed E-state index contributed by atoms with van der Waals surface area (Å²) < 4.78 is 0. The van der Waals surface area contributed by atoms with Crippen LogP contribution >= 0.6 is 0 Å². The van der Waals surface area contributed by atoms with Crippen LogP contribution in [-0.2, 0) is 13.1 Å². The van der Waals surface area contributed by atoms with Crippen molar-refractivity contribution in [3.8, 4) is 0 Å². The minimum atomic E-state index is 0.834. The van der Waals surface area contributed by atoms with Crippen LogP contribution in [-0.4, -0.2) is 11.4 Å². The smallest absolute Gasteiger partial charge is 0.0246 e. The molecule has 38 heavy (non-hydrogen) atoms. The SMILES string of the molecule is C=CCN(Cc1ccc2ccc3cccc4ccc1c2c34)Cc1cc2cccc3ccc4cccc1c4c32. The minimum Gasteiger partial charge on any atom is -0.291 e. The fourth-order valence-electron chi connectivity index (χ4n) is 6.75. The normalized spacial score (nSPS) is 12.3. The Kier molecular flexibility index (Phi) is 4.71. The molecule has 0 amide bonds. The molecule has 0 fully saturated rings. The van der Waals surface area contributed by atoms with Gasteiger partial charge in [0.05, 0.1) is 0 Å². The van der Waals surface area contributed by atoms with Crippen molar-refractivity contribution in [1.29, 1.82) is 0 Å². The lowest BCUT2D eigenvalue weighted by molar-refractivity contribution is 0.288. The third kappa shape index (κ3) is 3.16. The molecule has 0 saturated carbocycles. The summed E-state index contributed by atoms with van der Waals surface area (Å²) in [5.41, 5.74) is 2.75. The van der Waals surface area contributed by atoms with Gasteiger partial charge in [-0.2, -0.15) is 0 Å². The van der Waals surface area contributed by atoms with Gasteiger partial charge in [-0.1, -0.05) is 109 Å². The molecule has 0 radical (unpaired) electrons. The Morgan fingerprint density at radius 3 is 1.63 bits per heavy atom. The van der Waals surface area contributed by atoms with Gasteiger partial charge in [-0.25, -0.2) is 0 Å². The van der Waals surface area contributed by atoms with E-state index in [4.69, 9.17) is 0 Å². The highest BCUT2D eigenvalue weighted by Gasteiger charge is 2.16. The first-order chi connectivity index (χ1) is 18.8. The first-order valence-corrected chi connectivity index (χ1v) is 13.4. The van der Waals surface area contributed by atoms with Crippen LogP contribution in [0.4, 0.5) is 0 Å². The van der Waals surface area contributed by atoms with Crippen LogP contribution in [0.2, 0.25) is 0 Å². The molecule has 0 heterocycles. The second-order valence-electron chi connectivity index (χ2n) is 10.6. The van der Waals surface area contributed by atoms with Gasteiger partial charge in [-0.05, 0) is 81.8 Å².